The third kappa shape index (κ3) is 5.94. The van der Waals surface area contributed by atoms with Crippen molar-refractivity contribution in [3.8, 4) is 0 Å². The first-order chi connectivity index (χ1) is 9.92. The van der Waals surface area contributed by atoms with E-state index in [0.29, 0.717) is 13.0 Å². The number of likely N-dealkylation sites (N-methyl/N-ethyl adjacent to an activating group) is 1. The summed E-state index contributed by atoms with van der Waals surface area (Å²) in [5.74, 6) is -0.305. The molecule has 0 fully saturated rings. The first kappa shape index (κ1) is 20.9. The molecule has 1 amide bonds. The second-order valence-corrected chi connectivity index (χ2v) is 7.06. The highest BCUT2D eigenvalue weighted by Gasteiger charge is 2.21. The SMILES string of the molecule is CCCS(=O)(=O)c1ccccc1C(=O)NC[C@@H](C)NCC.Cl. The maximum atomic E-state index is 12.2. The Balaban J connectivity index is 0.00000441. The molecule has 5 nitrogen and oxygen atoms in total. The monoisotopic (exact) mass is 348 g/mol. The quantitative estimate of drug-likeness (QED) is 0.753. The summed E-state index contributed by atoms with van der Waals surface area (Å²) in [5, 5.41) is 5.96. The molecule has 1 aromatic carbocycles. The van der Waals surface area contributed by atoms with Crippen molar-refractivity contribution in [3.63, 3.8) is 0 Å². The van der Waals surface area contributed by atoms with Crippen LogP contribution < -0.4 is 10.6 Å². The molecule has 0 spiro atoms. The number of amides is 1. The number of rotatable bonds is 8. The van der Waals surface area contributed by atoms with E-state index in [1.165, 1.54) is 6.07 Å². The van der Waals surface area contributed by atoms with Gasteiger partial charge in [0.05, 0.1) is 16.2 Å². The molecule has 0 radical (unpaired) electrons. The summed E-state index contributed by atoms with van der Waals surface area (Å²) < 4.78 is 24.4. The van der Waals surface area contributed by atoms with Crippen LogP contribution in [0.4, 0.5) is 0 Å². The zero-order valence-corrected chi connectivity index (χ0v) is 14.9. The summed E-state index contributed by atoms with van der Waals surface area (Å²) in [6, 6.07) is 6.50. The molecule has 0 aliphatic heterocycles. The van der Waals surface area contributed by atoms with Gasteiger partial charge in [0.25, 0.3) is 5.91 Å². The molecule has 0 aliphatic rings. The standard InChI is InChI=1S/C15H24N2O3S.ClH/c1-4-10-21(19,20)14-9-7-6-8-13(14)15(18)17-11-12(3)16-5-2;/h6-9,12,16H,4-5,10-11H2,1-3H3,(H,17,18);1H/t12-;/m1./s1. The highest BCUT2D eigenvalue weighted by Crippen LogP contribution is 2.17. The van der Waals surface area contributed by atoms with E-state index < -0.39 is 9.84 Å². The van der Waals surface area contributed by atoms with E-state index in [2.05, 4.69) is 10.6 Å². The van der Waals surface area contributed by atoms with Gasteiger partial charge in [-0.05, 0) is 32.0 Å². The van der Waals surface area contributed by atoms with Crippen molar-refractivity contribution in [2.45, 2.75) is 38.1 Å². The lowest BCUT2D eigenvalue weighted by Gasteiger charge is -2.14. The predicted molar refractivity (Wildman–Crippen MR) is 91.5 cm³/mol. The van der Waals surface area contributed by atoms with Crippen LogP contribution in [0, 0.1) is 0 Å². The van der Waals surface area contributed by atoms with Crippen LogP contribution in [0.5, 0.6) is 0 Å². The van der Waals surface area contributed by atoms with Crippen LogP contribution >= 0.6 is 12.4 Å². The molecule has 0 aromatic heterocycles. The van der Waals surface area contributed by atoms with Crippen molar-refractivity contribution in [1.82, 2.24) is 10.6 Å². The van der Waals surface area contributed by atoms with Crippen molar-refractivity contribution in [2.75, 3.05) is 18.8 Å². The van der Waals surface area contributed by atoms with Crippen LogP contribution in [-0.2, 0) is 9.84 Å². The molecule has 0 heterocycles. The molecule has 0 unspecified atom stereocenters. The Kier molecular flexibility index (Phi) is 9.32. The summed E-state index contributed by atoms with van der Waals surface area (Å²) in [5.41, 5.74) is 0.217. The Hall–Kier alpha value is -1.11. The number of halogens is 1. The molecule has 0 saturated carbocycles. The molecule has 126 valence electrons. The topological polar surface area (TPSA) is 75.3 Å². The summed E-state index contributed by atoms with van der Waals surface area (Å²) in [6.07, 6.45) is 0.524. The fourth-order valence-electron chi connectivity index (χ4n) is 2.07. The molecule has 0 saturated heterocycles. The molecule has 0 bridgehead atoms. The maximum absolute atomic E-state index is 12.2. The minimum absolute atomic E-state index is 0. The Morgan fingerprint density at radius 3 is 2.45 bits per heavy atom. The Morgan fingerprint density at radius 2 is 1.86 bits per heavy atom. The lowest BCUT2D eigenvalue weighted by atomic mass is 10.2. The van der Waals surface area contributed by atoms with Gasteiger partial charge in [-0.15, -0.1) is 12.4 Å². The fraction of sp³-hybridized carbons (Fsp3) is 0.533. The van der Waals surface area contributed by atoms with Gasteiger partial charge in [0.1, 0.15) is 0 Å². The number of carbonyl (C=O) groups excluding carboxylic acids is 1. The zero-order chi connectivity index (χ0) is 15.9. The van der Waals surface area contributed by atoms with E-state index in [4.69, 9.17) is 0 Å². The van der Waals surface area contributed by atoms with E-state index in [0.717, 1.165) is 6.54 Å². The van der Waals surface area contributed by atoms with Crippen LogP contribution in [0.15, 0.2) is 29.2 Å². The minimum Gasteiger partial charge on any atom is -0.350 e. The Morgan fingerprint density at radius 1 is 1.23 bits per heavy atom. The van der Waals surface area contributed by atoms with Crippen LogP contribution in [-0.4, -0.2) is 39.2 Å². The van der Waals surface area contributed by atoms with E-state index in [9.17, 15) is 13.2 Å². The van der Waals surface area contributed by atoms with E-state index >= 15 is 0 Å². The zero-order valence-electron chi connectivity index (χ0n) is 13.3. The van der Waals surface area contributed by atoms with Crippen LogP contribution in [0.25, 0.3) is 0 Å². The molecule has 1 aromatic rings. The molecule has 7 heteroatoms. The van der Waals surface area contributed by atoms with Gasteiger partial charge >= 0.3 is 0 Å². The second kappa shape index (κ2) is 9.82. The van der Waals surface area contributed by atoms with Crippen molar-refractivity contribution >= 4 is 28.2 Å². The third-order valence-corrected chi connectivity index (χ3v) is 5.03. The lowest BCUT2D eigenvalue weighted by Crippen LogP contribution is -2.39. The molecule has 22 heavy (non-hydrogen) atoms. The van der Waals surface area contributed by atoms with Crippen LogP contribution in [0.3, 0.4) is 0 Å². The van der Waals surface area contributed by atoms with Gasteiger partial charge in [-0.2, -0.15) is 0 Å². The second-order valence-electron chi connectivity index (χ2n) is 4.98. The van der Waals surface area contributed by atoms with Gasteiger partial charge in [-0.25, -0.2) is 8.42 Å². The van der Waals surface area contributed by atoms with Gasteiger partial charge in [-0.3, -0.25) is 4.79 Å². The summed E-state index contributed by atoms with van der Waals surface area (Å²) in [7, 11) is -3.41. The van der Waals surface area contributed by atoms with Crippen molar-refractivity contribution < 1.29 is 13.2 Å². The van der Waals surface area contributed by atoms with Crippen molar-refractivity contribution in [2.24, 2.45) is 0 Å². The largest absolute Gasteiger partial charge is 0.350 e. The van der Waals surface area contributed by atoms with Crippen molar-refractivity contribution in [3.05, 3.63) is 29.8 Å². The molecule has 1 rings (SSSR count). The number of nitrogens with one attached hydrogen (secondary N) is 2. The van der Waals surface area contributed by atoms with Gasteiger partial charge in [0.2, 0.25) is 0 Å². The number of benzene rings is 1. The molecule has 2 N–H and O–H groups in total. The average Bonchev–Trinajstić information content (AvgIpc) is 2.45. The average molecular weight is 349 g/mol. The lowest BCUT2D eigenvalue weighted by molar-refractivity contribution is 0.0947. The number of hydrogen-bond donors (Lipinski definition) is 2. The Bertz CT molecular complexity index is 576. The Labute approximate surface area is 139 Å². The van der Waals surface area contributed by atoms with Gasteiger partial charge in [0, 0.05) is 12.6 Å². The van der Waals surface area contributed by atoms with E-state index in [-0.39, 0.29) is 40.6 Å². The smallest absolute Gasteiger partial charge is 0.252 e. The molecular formula is C15H25ClN2O3S. The number of sulfone groups is 1. The summed E-state index contributed by atoms with van der Waals surface area (Å²) >= 11 is 0. The number of carbonyl (C=O) groups is 1. The van der Waals surface area contributed by atoms with E-state index in [1.54, 1.807) is 25.1 Å². The van der Waals surface area contributed by atoms with Gasteiger partial charge in [0.15, 0.2) is 9.84 Å². The van der Waals surface area contributed by atoms with Gasteiger partial charge < -0.3 is 10.6 Å². The van der Waals surface area contributed by atoms with E-state index in [1.807, 2.05) is 13.8 Å². The van der Waals surface area contributed by atoms with Crippen LogP contribution in [0.1, 0.15) is 37.6 Å². The van der Waals surface area contributed by atoms with Crippen molar-refractivity contribution in [1.29, 1.82) is 0 Å². The first-order valence-corrected chi connectivity index (χ1v) is 8.91. The van der Waals surface area contributed by atoms with Crippen LogP contribution in [0.2, 0.25) is 0 Å². The maximum Gasteiger partial charge on any atom is 0.252 e. The summed E-state index contributed by atoms with van der Waals surface area (Å²) in [4.78, 5) is 12.3. The third-order valence-electron chi connectivity index (χ3n) is 3.06. The fourth-order valence-corrected chi connectivity index (χ4v) is 3.60. The molecular weight excluding hydrogens is 324 g/mol. The highest BCUT2D eigenvalue weighted by atomic mass is 35.5. The number of hydrogen-bond acceptors (Lipinski definition) is 4. The molecule has 1 atom stereocenters. The minimum atomic E-state index is -3.41. The molecule has 0 aliphatic carbocycles. The first-order valence-electron chi connectivity index (χ1n) is 7.25. The summed E-state index contributed by atoms with van der Waals surface area (Å²) in [6.45, 7) is 7.03. The highest BCUT2D eigenvalue weighted by molar-refractivity contribution is 7.91. The predicted octanol–water partition coefficient (Wildman–Crippen LogP) is 2.02. The van der Waals surface area contributed by atoms with Gasteiger partial charge in [-0.1, -0.05) is 26.0 Å². The normalized spacial score (nSPS) is 12.3.